The molecule has 0 saturated heterocycles. The molecule has 0 aliphatic rings. The Morgan fingerprint density at radius 1 is 1.25 bits per heavy atom. The van der Waals surface area contributed by atoms with Gasteiger partial charge in [0, 0.05) is 8.95 Å². The first-order chi connectivity index (χ1) is 9.13. The zero-order valence-electron chi connectivity index (χ0n) is 9.71. The van der Waals surface area contributed by atoms with Crippen LogP contribution in [-0.2, 0) is 19.6 Å². The van der Waals surface area contributed by atoms with Crippen molar-refractivity contribution in [2.24, 2.45) is 0 Å². The van der Waals surface area contributed by atoms with Gasteiger partial charge in [-0.1, -0.05) is 15.9 Å². The van der Waals surface area contributed by atoms with Crippen LogP contribution in [0.5, 0.6) is 0 Å². The third kappa shape index (κ3) is 4.54. The Balaban J connectivity index is 3.09. The summed E-state index contributed by atoms with van der Waals surface area (Å²) in [6.45, 7) is 0. The molecule has 0 saturated carbocycles. The molecule has 0 amide bonds. The summed E-state index contributed by atoms with van der Waals surface area (Å²) in [7, 11) is -4.16. The minimum atomic E-state index is -4.16. The van der Waals surface area contributed by atoms with E-state index in [0.29, 0.717) is 4.47 Å². The van der Waals surface area contributed by atoms with Crippen LogP contribution in [0, 0.1) is 0 Å². The number of carboxylic acids is 2. The van der Waals surface area contributed by atoms with Crippen LogP contribution in [0.4, 0.5) is 0 Å². The number of aliphatic carboxylic acids is 2. The molecule has 1 aromatic rings. The Hall–Kier alpha value is -0.970. The predicted molar refractivity (Wildman–Crippen MR) is 75.8 cm³/mol. The van der Waals surface area contributed by atoms with E-state index in [1.54, 1.807) is 0 Å². The molecule has 7 nitrogen and oxygen atoms in total. The molecule has 1 aromatic carbocycles. The van der Waals surface area contributed by atoms with Crippen LogP contribution in [0.25, 0.3) is 0 Å². The van der Waals surface area contributed by atoms with E-state index in [9.17, 15) is 18.0 Å². The van der Waals surface area contributed by atoms with Crippen LogP contribution in [0.15, 0.2) is 32.0 Å². The van der Waals surface area contributed by atoms with Crippen LogP contribution < -0.4 is 4.72 Å². The van der Waals surface area contributed by atoms with Crippen molar-refractivity contribution in [1.29, 1.82) is 0 Å². The van der Waals surface area contributed by atoms with Crippen LogP contribution in [0.3, 0.4) is 0 Å². The van der Waals surface area contributed by atoms with Crippen molar-refractivity contribution in [1.82, 2.24) is 4.72 Å². The second-order valence-corrected chi connectivity index (χ2v) is 7.14. The van der Waals surface area contributed by atoms with Crippen molar-refractivity contribution in [3.63, 3.8) is 0 Å². The van der Waals surface area contributed by atoms with Gasteiger partial charge in [0.1, 0.15) is 6.04 Å². The molecule has 3 N–H and O–H groups in total. The summed E-state index contributed by atoms with van der Waals surface area (Å²) in [4.78, 5) is 21.2. The molecule has 0 aromatic heterocycles. The molecule has 0 heterocycles. The fourth-order valence-electron chi connectivity index (χ4n) is 1.30. The normalized spacial score (nSPS) is 12.9. The number of carboxylic acid groups (broad SMARTS) is 2. The fourth-order valence-corrected chi connectivity index (χ4v) is 4.23. The second-order valence-electron chi connectivity index (χ2n) is 3.68. The lowest BCUT2D eigenvalue weighted by molar-refractivity contribution is -0.145. The molecule has 0 unspecified atom stereocenters. The molecule has 0 spiro atoms. The first-order valence-corrected chi connectivity index (χ1v) is 8.12. The third-order valence-electron chi connectivity index (χ3n) is 2.16. The van der Waals surface area contributed by atoms with Gasteiger partial charge in [-0.05, 0) is 34.1 Å². The predicted octanol–water partition coefficient (Wildman–Crippen LogP) is 1.42. The highest BCUT2D eigenvalue weighted by molar-refractivity contribution is 9.11. The van der Waals surface area contributed by atoms with Crippen LogP contribution in [0.1, 0.15) is 6.42 Å². The van der Waals surface area contributed by atoms with Crippen LogP contribution >= 0.6 is 31.9 Å². The van der Waals surface area contributed by atoms with E-state index in [1.807, 2.05) is 4.72 Å². The first-order valence-electron chi connectivity index (χ1n) is 5.05. The highest BCUT2D eigenvalue weighted by Crippen LogP contribution is 2.25. The van der Waals surface area contributed by atoms with Crippen molar-refractivity contribution in [2.75, 3.05) is 0 Å². The van der Waals surface area contributed by atoms with Crippen molar-refractivity contribution in [3.05, 3.63) is 27.1 Å². The van der Waals surface area contributed by atoms with Gasteiger partial charge < -0.3 is 10.2 Å². The van der Waals surface area contributed by atoms with E-state index in [2.05, 4.69) is 31.9 Å². The van der Waals surface area contributed by atoms with Gasteiger partial charge >= 0.3 is 11.9 Å². The van der Waals surface area contributed by atoms with Gasteiger partial charge in [-0.25, -0.2) is 8.42 Å². The maximum absolute atomic E-state index is 12.0. The number of sulfonamides is 1. The number of hydrogen-bond acceptors (Lipinski definition) is 4. The zero-order valence-corrected chi connectivity index (χ0v) is 13.7. The second kappa shape index (κ2) is 6.66. The first kappa shape index (κ1) is 17.1. The molecular formula is C10H9Br2NO6S. The van der Waals surface area contributed by atoms with E-state index in [1.165, 1.54) is 18.2 Å². The Morgan fingerprint density at radius 3 is 2.30 bits per heavy atom. The maximum Gasteiger partial charge on any atom is 0.322 e. The topological polar surface area (TPSA) is 121 Å². The number of halogens is 2. The fraction of sp³-hybridized carbons (Fsp3) is 0.200. The minimum Gasteiger partial charge on any atom is -0.481 e. The van der Waals surface area contributed by atoms with E-state index >= 15 is 0 Å². The van der Waals surface area contributed by atoms with Crippen molar-refractivity contribution in [2.45, 2.75) is 17.4 Å². The van der Waals surface area contributed by atoms with Crippen molar-refractivity contribution in [3.8, 4) is 0 Å². The molecule has 0 aliphatic heterocycles. The Bertz CT molecular complexity index is 645. The Morgan fingerprint density at radius 2 is 1.85 bits per heavy atom. The quantitative estimate of drug-likeness (QED) is 0.627. The summed E-state index contributed by atoms with van der Waals surface area (Å²) >= 11 is 6.20. The van der Waals surface area contributed by atoms with E-state index in [4.69, 9.17) is 10.2 Å². The molecule has 1 atom stereocenters. The largest absolute Gasteiger partial charge is 0.481 e. The van der Waals surface area contributed by atoms with Gasteiger partial charge in [-0.3, -0.25) is 9.59 Å². The highest BCUT2D eigenvalue weighted by atomic mass is 79.9. The number of hydrogen-bond donors (Lipinski definition) is 3. The minimum absolute atomic E-state index is 0.183. The molecule has 110 valence electrons. The molecule has 1 rings (SSSR count). The molecular weight excluding hydrogens is 422 g/mol. The van der Waals surface area contributed by atoms with Gasteiger partial charge in [0.05, 0.1) is 11.3 Å². The zero-order chi connectivity index (χ0) is 15.5. The van der Waals surface area contributed by atoms with Crippen LogP contribution in [-0.4, -0.2) is 36.6 Å². The summed E-state index contributed by atoms with van der Waals surface area (Å²) in [5, 5.41) is 17.4. The molecule has 10 heteroatoms. The molecule has 0 aliphatic carbocycles. The van der Waals surface area contributed by atoms with Gasteiger partial charge in [0.2, 0.25) is 10.0 Å². The smallest absolute Gasteiger partial charge is 0.322 e. The van der Waals surface area contributed by atoms with Gasteiger partial charge in [0.15, 0.2) is 0 Å². The van der Waals surface area contributed by atoms with Crippen molar-refractivity contribution < 1.29 is 28.2 Å². The third-order valence-corrected chi connectivity index (χ3v) is 5.10. The lowest BCUT2D eigenvalue weighted by Crippen LogP contribution is -2.42. The molecule has 0 radical (unpaired) electrons. The summed E-state index contributed by atoms with van der Waals surface area (Å²) in [5.41, 5.74) is 0. The summed E-state index contributed by atoms with van der Waals surface area (Å²) < 4.78 is 26.8. The van der Waals surface area contributed by atoms with E-state index in [-0.39, 0.29) is 9.37 Å². The van der Waals surface area contributed by atoms with Gasteiger partial charge in [0.25, 0.3) is 0 Å². The average Bonchev–Trinajstić information content (AvgIpc) is 2.26. The number of carbonyl (C=O) groups is 2. The van der Waals surface area contributed by atoms with Crippen LogP contribution in [0.2, 0.25) is 0 Å². The summed E-state index contributed by atoms with van der Waals surface area (Å²) in [5.74, 6) is -2.99. The standard InChI is InChI=1S/C10H9Br2NO6S/c11-5-1-2-8(6(12)3-5)20(18,19)13-7(10(16)17)4-9(14)15/h1-3,7,13H,4H2,(H,14,15)(H,16,17)/t7-/m0/s1. The number of benzene rings is 1. The highest BCUT2D eigenvalue weighted by Gasteiger charge is 2.28. The maximum atomic E-state index is 12.0. The average molecular weight is 431 g/mol. The van der Waals surface area contributed by atoms with E-state index in [0.717, 1.165) is 0 Å². The number of rotatable bonds is 6. The monoisotopic (exact) mass is 429 g/mol. The SMILES string of the molecule is O=C(O)C[C@H](NS(=O)(=O)c1ccc(Br)cc1Br)C(=O)O. The lowest BCUT2D eigenvalue weighted by Gasteiger charge is -2.14. The molecule has 20 heavy (non-hydrogen) atoms. The van der Waals surface area contributed by atoms with E-state index < -0.39 is 34.4 Å². The van der Waals surface area contributed by atoms with Gasteiger partial charge in [-0.2, -0.15) is 4.72 Å². The van der Waals surface area contributed by atoms with Crippen molar-refractivity contribution >= 4 is 53.8 Å². The molecule has 0 fully saturated rings. The lowest BCUT2D eigenvalue weighted by atomic mass is 10.2. The van der Waals surface area contributed by atoms with Gasteiger partial charge in [-0.15, -0.1) is 0 Å². The Kier molecular flexibility index (Phi) is 5.68. The summed E-state index contributed by atoms with van der Waals surface area (Å²) in [6.07, 6.45) is -0.858. The molecule has 0 bridgehead atoms. The summed E-state index contributed by atoms with van der Waals surface area (Å²) in [6, 6.07) is 2.46. The number of nitrogens with one attached hydrogen (secondary N) is 1. The Labute approximate surface area is 131 Å².